The van der Waals surface area contributed by atoms with E-state index in [1.54, 1.807) is 0 Å². The molecular weight excluding hydrogens is 398 g/mol. The van der Waals surface area contributed by atoms with E-state index in [9.17, 15) is 0 Å². The van der Waals surface area contributed by atoms with Gasteiger partial charge >= 0.3 is 0 Å². The van der Waals surface area contributed by atoms with Gasteiger partial charge in [-0.1, -0.05) is 18.2 Å². The third-order valence-electron chi connectivity index (χ3n) is 6.35. The van der Waals surface area contributed by atoms with Gasteiger partial charge in [-0.2, -0.15) is 0 Å². The lowest BCUT2D eigenvalue weighted by atomic mass is 9.90. The van der Waals surface area contributed by atoms with Gasteiger partial charge in [0.1, 0.15) is 0 Å². The number of fused-ring (bicyclic) bond motifs is 1. The van der Waals surface area contributed by atoms with Gasteiger partial charge in [0.25, 0.3) is 0 Å². The van der Waals surface area contributed by atoms with E-state index in [-0.39, 0.29) is 0 Å². The highest BCUT2D eigenvalue weighted by Gasteiger charge is 2.15. The summed E-state index contributed by atoms with van der Waals surface area (Å²) >= 11 is 1.83. The fraction of sp³-hybridized carbons (Fsp3) is 0.407. The molecule has 1 aliphatic carbocycles. The summed E-state index contributed by atoms with van der Waals surface area (Å²) in [5.74, 6) is 0. The zero-order valence-corrected chi connectivity index (χ0v) is 20.3. The van der Waals surface area contributed by atoms with Gasteiger partial charge in [0.15, 0.2) is 0 Å². The third kappa shape index (κ3) is 4.90. The normalized spacial score (nSPS) is 13.6. The molecule has 4 rings (SSSR count). The molecule has 1 aromatic heterocycles. The maximum absolute atomic E-state index is 5.07. The van der Waals surface area contributed by atoms with E-state index in [2.05, 4.69) is 67.9 Å². The lowest BCUT2D eigenvalue weighted by Crippen LogP contribution is -2.14. The Labute approximate surface area is 190 Å². The van der Waals surface area contributed by atoms with Crippen LogP contribution in [0, 0.1) is 20.8 Å². The van der Waals surface area contributed by atoms with Crippen molar-refractivity contribution in [1.82, 2.24) is 9.88 Å². The molecule has 2 aromatic carbocycles. The van der Waals surface area contributed by atoms with Crippen LogP contribution in [-0.2, 0) is 19.3 Å². The molecule has 3 nitrogen and oxygen atoms in total. The second-order valence-corrected chi connectivity index (χ2v) is 10.1. The minimum atomic E-state index is 0.877. The molecule has 0 saturated carbocycles. The van der Waals surface area contributed by atoms with Crippen molar-refractivity contribution in [2.24, 2.45) is 4.99 Å². The summed E-state index contributed by atoms with van der Waals surface area (Å²) in [6.07, 6.45) is 7.86. The second kappa shape index (κ2) is 9.35. The molecule has 0 atom stereocenters. The van der Waals surface area contributed by atoms with Crippen LogP contribution in [0.3, 0.4) is 0 Å². The summed E-state index contributed by atoms with van der Waals surface area (Å²) in [6, 6.07) is 11.5. The largest absolute Gasteiger partial charge is 0.366 e. The second-order valence-electron chi connectivity index (χ2n) is 8.76. The summed E-state index contributed by atoms with van der Waals surface area (Å²) in [6.45, 7) is 9.61. The molecule has 0 amide bonds. The number of hydrogen-bond acceptors (Lipinski definition) is 3. The number of benzene rings is 2. The fourth-order valence-electron chi connectivity index (χ4n) is 4.27. The Bertz CT molecular complexity index is 1110. The smallest absolute Gasteiger partial charge is 0.0979 e. The van der Waals surface area contributed by atoms with Gasteiger partial charge < -0.3 is 4.90 Å². The zero-order valence-electron chi connectivity index (χ0n) is 19.5. The average Bonchev–Trinajstić information content (AvgIpc) is 3.14. The highest BCUT2D eigenvalue weighted by atomic mass is 32.1. The fourth-order valence-corrected chi connectivity index (χ4v) is 5.25. The van der Waals surface area contributed by atoms with E-state index in [4.69, 9.17) is 4.98 Å². The van der Waals surface area contributed by atoms with Crippen molar-refractivity contribution in [3.63, 3.8) is 0 Å². The van der Waals surface area contributed by atoms with Crippen LogP contribution < -0.4 is 0 Å². The van der Waals surface area contributed by atoms with Crippen molar-refractivity contribution in [3.05, 3.63) is 68.0 Å². The van der Waals surface area contributed by atoms with E-state index in [0.29, 0.717) is 0 Å². The number of rotatable bonds is 6. The SMILES string of the molecule is CCN(C)C=Nc1cc(C)c(Cc2nc(-c3ccc4c(c3)CCCC4)c(C)s2)cc1C. The number of nitrogens with zero attached hydrogens (tertiary/aromatic N) is 3. The lowest BCUT2D eigenvalue weighted by molar-refractivity contribution is 0.552. The molecule has 0 radical (unpaired) electrons. The first kappa shape index (κ1) is 21.8. The van der Waals surface area contributed by atoms with Gasteiger partial charge in [-0.25, -0.2) is 9.98 Å². The zero-order chi connectivity index (χ0) is 22.0. The van der Waals surface area contributed by atoms with Crippen LogP contribution in [0.4, 0.5) is 5.69 Å². The minimum absolute atomic E-state index is 0.877. The van der Waals surface area contributed by atoms with Crippen LogP contribution in [0.25, 0.3) is 11.3 Å². The Hall–Kier alpha value is -2.46. The molecule has 162 valence electrons. The first-order valence-corrected chi connectivity index (χ1v) is 12.2. The Kier molecular flexibility index (Phi) is 6.57. The average molecular weight is 432 g/mol. The van der Waals surface area contributed by atoms with Crippen LogP contribution in [0.1, 0.15) is 57.5 Å². The number of aryl methyl sites for hydroxylation is 5. The van der Waals surface area contributed by atoms with Gasteiger partial charge in [-0.3, -0.25) is 0 Å². The van der Waals surface area contributed by atoms with Crippen molar-refractivity contribution < 1.29 is 0 Å². The molecule has 0 aliphatic heterocycles. The van der Waals surface area contributed by atoms with Crippen LogP contribution in [0.15, 0.2) is 35.3 Å². The van der Waals surface area contributed by atoms with Gasteiger partial charge in [0.05, 0.1) is 22.7 Å². The highest BCUT2D eigenvalue weighted by molar-refractivity contribution is 7.12. The van der Waals surface area contributed by atoms with E-state index in [0.717, 1.165) is 24.3 Å². The Morgan fingerprint density at radius 2 is 1.81 bits per heavy atom. The molecule has 0 bridgehead atoms. The van der Waals surface area contributed by atoms with Gasteiger partial charge in [-0.05, 0) is 93.3 Å². The molecule has 0 unspecified atom stereocenters. The third-order valence-corrected chi connectivity index (χ3v) is 7.32. The quantitative estimate of drug-likeness (QED) is 0.316. The van der Waals surface area contributed by atoms with E-state index < -0.39 is 0 Å². The van der Waals surface area contributed by atoms with E-state index in [1.165, 1.54) is 68.9 Å². The molecule has 1 heterocycles. The molecule has 3 aromatic rings. The standard InChI is InChI=1S/C27H33N3S/c1-6-30(5)17-28-25-14-18(2)24(13-19(25)3)16-26-29-27(20(4)31-26)23-12-11-21-9-7-8-10-22(21)15-23/h11-15,17H,6-10,16H2,1-5H3. The Morgan fingerprint density at radius 1 is 1.03 bits per heavy atom. The summed E-state index contributed by atoms with van der Waals surface area (Å²) in [5.41, 5.74) is 10.4. The number of hydrogen-bond donors (Lipinski definition) is 0. The molecule has 4 heteroatoms. The summed E-state index contributed by atoms with van der Waals surface area (Å²) in [4.78, 5) is 13.1. The topological polar surface area (TPSA) is 28.5 Å². The van der Waals surface area contributed by atoms with Gasteiger partial charge in [0.2, 0.25) is 0 Å². The van der Waals surface area contributed by atoms with E-state index >= 15 is 0 Å². The van der Waals surface area contributed by atoms with Crippen molar-refractivity contribution in [2.75, 3.05) is 13.6 Å². The van der Waals surface area contributed by atoms with Crippen LogP contribution in [0.2, 0.25) is 0 Å². The van der Waals surface area contributed by atoms with Crippen molar-refractivity contribution in [2.45, 2.75) is 59.8 Å². The maximum Gasteiger partial charge on any atom is 0.0979 e. The predicted octanol–water partition coefficient (Wildman–Crippen LogP) is 6.82. The number of aliphatic imine (C=N–C) groups is 1. The van der Waals surface area contributed by atoms with E-state index in [1.807, 2.05) is 24.7 Å². The van der Waals surface area contributed by atoms with Crippen LogP contribution >= 0.6 is 11.3 Å². The van der Waals surface area contributed by atoms with Crippen molar-refractivity contribution in [3.8, 4) is 11.3 Å². The molecule has 1 aliphatic rings. The molecule has 0 saturated heterocycles. The number of aromatic nitrogens is 1. The van der Waals surface area contributed by atoms with Gasteiger partial charge in [-0.15, -0.1) is 11.3 Å². The highest BCUT2D eigenvalue weighted by Crippen LogP contribution is 2.33. The first-order valence-electron chi connectivity index (χ1n) is 11.4. The van der Waals surface area contributed by atoms with Crippen LogP contribution in [0.5, 0.6) is 0 Å². The molecule has 0 spiro atoms. The maximum atomic E-state index is 5.07. The molecule has 31 heavy (non-hydrogen) atoms. The summed E-state index contributed by atoms with van der Waals surface area (Å²) in [5, 5.41) is 1.19. The first-order chi connectivity index (χ1) is 14.9. The predicted molar refractivity (Wildman–Crippen MR) is 134 cm³/mol. The lowest BCUT2D eigenvalue weighted by Gasteiger charge is -2.16. The summed E-state index contributed by atoms with van der Waals surface area (Å²) < 4.78 is 0. The molecular formula is C27H33N3S. The summed E-state index contributed by atoms with van der Waals surface area (Å²) in [7, 11) is 2.05. The monoisotopic (exact) mass is 431 g/mol. The van der Waals surface area contributed by atoms with Crippen molar-refractivity contribution in [1.29, 1.82) is 0 Å². The molecule has 0 fully saturated rings. The Morgan fingerprint density at radius 3 is 2.58 bits per heavy atom. The molecule has 0 N–H and O–H groups in total. The number of thiazole rings is 1. The van der Waals surface area contributed by atoms with Crippen LogP contribution in [-0.4, -0.2) is 29.8 Å². The Balaban J connectivity index is 1.57. The van der Waals surface area contributed by atoms with Crippen molar-refractivity contribution >= 4 is 23.4 Å². The minimum Gasteiger partial charge on any atom is -0.366 e. The van der Waals surface area contributed by atoms with Gasteiger partial charge in [0, 0.05) is 30.5 Å².